The van der Waals surface area contributed by atoms with Gasteiger partial charge >= 0.3 is 0 Å². The lowest BCUT2D eigenvalue weighted by Crippen LogP contribution is -2.41. The molecule has 0 fully saturated rings. The van der Waals surface area contributed by atoms with Crippen molar-refractivity contribution in [2.24, 2.45) is 5.92 Å². The molecule has 1 heterocycles. The lowest BCUT2D eigenvalue weighted by molar-refractivity contribution is 0.288. The van der Waals surface area contributed by atoms with Gasteiger partial charge in [-0.1, -0.05) is 44.2 Å². The molecule has 1 N–H and O–H groups in total. The summed E-state index contributed by atoms with van der Waals surface area (Å²) in [5, 5.41) is 5.95. The molecule has 3 heteroatoms. The Morgan fingerprint density at radius 1 is 1.10 bits per heavy atom. The van der Waals surface area contributed by atoms with Crippen LogP contribution < -0.4 is 5.32 Å². The first kappa shape index (κ1) is 16.2. The summed E-state index contributed by atoms with van der Waals surface area (Å²) in [6.07, 6.45) is 0. The molecule has 0 aliphatic heterocycles. The lowest BCUT2D eigenvalue weighted by Gasteiger charge is -2.25. The Kier molecular flexibility index (Phi) is 5.97. The summed E-state index contributed by atoms with van der Waals surface area (Å²) >= 11 is 1.84. The number of nitrogens with zero attached hydrogens (tertiary/aromatic N) is 1. The molecule has 21 heavy (non-hydrogen) atoms. The fraction of sp³-hybridized carbons (Fsp3) is 0.444. The van der Waals surface area contributed by atoms with E-state index in [-0.39, 0.29) is 0 Å². The summed E-state index contributed by atoms with van der Waals surface area (Å²) in [6, 6.07) is 13.4. The molecule has 1 atom stereocenters. The van der Waals surface area contributed by atoms with Gasteiger partial charge in [0.25, 0.3) is 0 Å². The van der Waals surface area contributed by atoms with Crippen molar-refractivity contribution in [2.75, 3.05) is 20.6 Å². The normalized spacial score (nSPS) is 13.0. The molecule has 0 bridgehead atoms. The van der Waals surface area contributed by atoms with Crippen LogP contribution in [0.25, 0.3) is 11.1 Å². The van der Waals surface area contributed by atoms with E-state index in [0.717, 1.165) is 13.1 Å². The van der Waals surface area contributed by atoms with Gasteiger partial charge in [0.2, 0.25) is 0 Å². The highest BCUT2D eigenvalue weighted by Gasteiger charge is 2.14. The minimum Gasteiger partial charge on any atom is -0.308 e. The summed E-state index contributed by atoms with van der Waals surface area (Å²) in [7, 11) is 4.27. The Labute approximate surface area is 132 Å². The van der Waals surface area contributed by atoms with Gasteiger partial charge in [0, 0.05) is 24.0 Å². The van der Waals surface area contributed by atoms with Crippen molar-refractivity contribution in [1.29, 1.82) is 0 Å². The molecule has 1 aromatic carbocycles. The molecule has 114 valence electrons. The maximum absolute atomic E-state index is 3.70. The van der Waals surface area contributed by atoms with E-state index in [9.17, 15) is 0 Å². The van der Waals surface area contributed by atoms with Crippen LogP contribution in [0.1, 0.15) is 18.7 Å². The molecular formula is C18H26N2S. The quantitative estimate of drug-likeness (QED) is 0.828. The van der Waals surface area contributed by atoms with Gasteiger partial charge in [-0.25, -0.2) is 0 Å². The van der Waals surface area contributed by atoms with Gasteiger partial charge in [0.05, 0.1) is 0 Å². The van der Waals surface area contributed by atoms with Gasteiger partial charge in [-0.05, 0) is 42.6 Å². The largest absolute Gasteiger partial charge is 0.308 e. The fourth-order valence-corrected chi connectivity index (χ4v) is 3.24. The van der Waals surface area contributed by atoms with Crippen LogP contribution >= 0.6 is 11.3 Å². The molecule has 0 saturated heterocycles. The first-order valence-corrected chi connectivity index (χ1v) is 8.45. The molecule has 0 aliphatic rings. The maximum Gasteiger partial charge on any atom is 0.0303 e. The second-order valence-corrected chi connectivity index (χ2v) is 7.16. The number of likely N-dealkylation sites (N-methyl/N-ethyl adjacent to an activating group) is 1. The van der Waals surface area contributed by atoms with Gasteiger partial charge in [0.1, 0.15) is 0 Å². The van der Waals surface area contributed by atoms with Crippen LogP contribution in [-0.2, 0) is 6.54 Å². The van der Waals surface area contributed by atoms with Crippen molar-refractivity contribution in [3.63, 3.8) is 0 Å². The Balaban J connectivity index is 1.96. The number of hydrogen-bond donors (Lipinski definition) is 1. The van der Waals surface area contributed by atoms with Crippen LogP contribution in [0.2, 0.25) is 0 Å². The number of thiophene rings is 1. The van der Waals surface area contributed by atoms with Gasteiger partial charge in [-0.15, -0.1) is 11.3 Å². The van der Waals surface area contributed by atoms with Gasteiger partial charge in [-0.3, -0.25) is 0 Å². The molecule has 0 spiro atoms. The van der Waals surface area contributed by atoms with Crippen molar-refractivity contribution < 1.29 is 0 Å². The maximum atomic E-state index is 3.70. The molecule has 1 aromatic heterocycles. The minimum atomic E-state index is 0.530. The highest BCUT2D eigenvalue weighted by atomic mass is 32.1. The Morgan fingerprint density at radius 3 is 2.43 bits per heavy atom. The van der Waals surface area contributed by atoms with Crippen LogP contribution in [0, 0.1) is 5.92 Å². The monoisotopic (exact) mass is 302 g/mol. The third kappa shape index (κ3) is 4.95. The summed E-state index contributed by atoms with van der Waals surface area (Å²) in [5.74, 6) is 0.640. The highest BCUT2D eigenvalue weighted by molar-refractivity contribution is 7.10. The SMILES string of the molecule is CC(C)C(CN(C)C)NCc1cc(-c2ccccc2)cs1. The molecule has 2 aromatic rings. The summed E-state index contributed by atoms with van der Waals surface area (Å²) in [5.41, 5.74) is 2.62. The fourth-order valence-electron chi connectivity index (χ4n) is 2.39. The van der Waals surface area contributed by atoms with Crippen LogP contribution in [0.4, 0.5) is 0 Å². The van der Waals surface area contributed by atoms with Crippen LogP contribution in [0.5, 0.6) is 0 Å². The van der Waals surface area contributed by atoms with Crippen LogP contribution in [0.3, 0.4) is 0 Å². The number of rotatable bonds is 7. The van der Waals surface area contributed by atoms with Gasteiger partial charge < -0.3 is 10.2 Å². The predicted molar refractivity (Wildman–Crippen MR) is 93.8 cm³/mol. The Morgan fingerprint density at radius 2 is 1.81 bits per heavy atom. The topological polar surface area (TPSA) is 15.3 Å². The van der Waals surface area contributed by atoms with Crippen molar-refractivity contribution in [2.45, 2.75) is 26.4 Å². The molecule has 0 aliphatic carbocycles. The lowest BCUT2D eigenvalue weighted by atomic mass is 10.0. The Hall–Kier alpha value is -1.16. The van der Waals surface area contributed by atoms with E-state index in [1.807, 2.05) is 11.3 Å². The van der Waals surface area contributed by atoms with E-state index in [4.69, 9.17) is 0 Å². The van der Waals surface area contributed by atoms with E-state index in [1.54, 1.807) is 0 Å². The number of benzene rings is 1. The first-order chi connectivity index (χ1) is 10.1. The summed E-state index contributed by atoms with van der Waals surface area (Å²) in [6.45, 7) is 6.60. The Bertz CT molecular complexity index is 531. The van der Waals surface area contributed by atoms with Gasteiger partial charge in [0.15, 0.2) is 0 Å². The van der Waals surface area contributed by atoms with E-state index in [2.05, 4.69) is 79.9 Å². The molecule has 2 nitrogen and oxygen atoms in total. The molecule has 1 unspecified atom stereocenters. The average molecular weight is 302 g/mol. The standard InChI is InChI=1S/C18H26N2S/c1-14(2)18(12-20(3)4)19-11-17-10-16(13-21-17)15-8-6-5-7-9-15/h5-10,13-14,18-19H,11-12H2,1-4H3. The van der Waals surface area contributed by atoms with E-state index >= 15 is 0 Å². The minimum absolute atomic E-state index is 0.530. The third-order valence-electron chi connectivity index (χ3n) is 3.67. The smallest absolute Gasteiger partial charge is 0.0303 e. The second kappa shape index (κ2) is 7.74. The molecule has 2 rings (SSSR count). The number of nitrogens with one attached hydrogen (secondary N) is 1. The van der Waals surface area contributed by atoms with Crippen molar-refractivity contribution in [3.8, 4) is 11.1 Å². The van der Waals surface area contributed by atoms with Crippen molar-refractivity contribution in [3.05, 3.63) is 46.7 Å². The highest BCUT2D eigenvalue weighted by Crippen LogP contribution is 2.25. The molecule has 0 radical (unpaired) electrons. The van der Waals surface area contributed by atoms with Gasteiger partial charge in [-0.2, -0.15) is 0 Å². The van der Waals surface area contributed by atoms with Crippen LogP contribution in [0.15, 0.2) is 41.8 Å². The predicted octanol–water partition coefficient (Wildman–Crippen LogP) is 4.09. The zero-order valence-corrected chi connectivity index (χ0v) is 14.3. The van der Waals surface area contributed by atoms with Crippen LogP contribution in [-0.4, -0.2) is 31.6 Å². The average Bonchev–Trinajstić information content (AvgIpc) is 2.92. The summed E-state index contributed by atoms with van der Waals surface area (Å²) in [4.78, 5) is 3.65. The van der Waals surface area contributed by atoms with Crippen molar-refractivity contribution in [1.82, 2.24) is 10.2 Å². The number of hydrogen-bond acceptors (Lipinski definition) is 3. The second-order valence-electron chi connectivity index (χ2n) is 6.16. The van der Waals surface area contributed by atoms with E-state index < -0.39 is 0 Å². The summed E-state index contributed by atoms with van der Waals surface area (Å²) < 4.78 is 0. The zero-order chi connectivity index (χ0) is 15.2. The molecule has 0 amide bonds. The molecule has 0 saturated carbocycles. The first-order valence-electron chi connectivity index (χ1n) is 7.57. The van der Waals surface area contributed by atoms with E-state index in [1.165, 1.54) is 16.0 Å². The molecular weight excluding hydrogens is 276 g/mol. The third-order valence-corrected chi connectivity index (χ3v) is 4.60. The van der Waals surface area contributed by atoms with E-state index in [0.29, 0.717) is 12.0 Å². The zero-order valence-electron chi connectivity index (χ0n) is 13.5. The van der Waals surface area contributed by atoms with Crippen molar-refractivity contribution >= 4 is 11.3 Å².